The molecule has 0 saturated heterocycles. The van der Waals surface area contributed by atoms with Crippen LogP contribution in [-0.2, 0) is 14.3 Å². The van der Waals surface area contributed by atoms with E-state index in [1.165, 1.54) is 26.3 Å². The Kier molecular flexibility index (Phi) is 9.56. The molecular formula is C19H30N2O6. The van der Waals surface area contributed by atoms with Crippen molar-refractivity contribution in [1.82, 2.24) is 10.3 Å². The molecular weight excluding hydrogens is 352 g/mol. The minimum Gasteiger partial charge on any atom is -0.503 e. The molecule has 0 radical (unpaired) electrons. The minimum absolute atomic E-state index is 0.0237. The van der Waals surface area contributed by atoms with Crippen LogP contribution in [0.4, 0.5) is 0 Å². The first-order chi connectivity index (χ1) is 12.8. The van der Waals surface area contributed by atoms with E-state index in [1.54, 1.807) is 6.92 Å². The van der Waals surface area contributed by atoms with Gasteiger partial charge in [-0.1, -0.05) is 13.8 Å². The van der Waals surface area contributed by atoms with Crippen LogP contribution in [0.5, 0.6) is 11.5 Å². The number of aromatic hydroxyl groups is 1. The summed E-state index contributed by atoms with van der Waals surface area (Å²) in [6.07, 6.45) is 3.35. The van der Waals surface area contributed by atoms with Gasteiger partial charge in [0.2, 0.25) is 0 Å². The molecule has 1 rings (SSSR count). The molecule has 2 N–H and O–H groups in total. The third kappa shape index (κ3) is 7.05. The molecule has 1 aromatic rings. The fourth-order valence-corrected chi connectivity index (χ4v) is 2.45. The number of nitrogens with one attached hydrogen (secondary N) is 1. The lowest BCUT2D eigenvalue weighted by Crippen LogP contribution is -2.41. The molecule has 8 nitrogen and oxygen atoms in total. The number of hydrogen-bond donors (Lipinski definition) is 2. The second kappa shape index (κ2) is 11.4. The summed E-state index contributed by atoms with van der Waals surface area (Å²) in [5, 5.41) is 12.4. The van der Waals surface area contributed by atoms with Crippen molar-refractivity contribution < 1.29 is 28.9 Å². The largest absolute Gasteiger partial charge is 0.503 e. The Hall–Kier alpha value is -2.35. The number of carbonyl (C=O) groups excluding carboxylic acids is 2. The number of rotatable bonds is 11. The summed E-state index contributed by atoms with van der Waals surface area (Å²) < 4.78 is 16.0. The maximum atomic E-state index is 12.3. The van der Waals surface area contributed by atoms with Gasteiger partial charge in [-0.3, -0.25) is 4.79 Å². The van der Waals surface area contributed by atoms with Crippen molar-refractivity contribution in [3.63, 3.8) is 0 Å². The third-order valence-electron chi connectivity index (χ3n) is 3.95. The highest BCUT2D eigenvalue weighted by Crippen LogP contribution is 2.27. The van der Waals surface area contributed by atoms with Gasteiger partial charge in [0.1, 0.15) is 12.1 Å². The Morgan fingerprint density at radius 1 is 1.30 bits per heavy atom. The molecule has 0 spiro atoms. The molecule has 1 heterocycles. The number of nitrogens with zero attached hydrogens (tertiary/aromatic N) is 1. The highest BCUT2D eigenvalue weighted by Gasteiger charge is 2.24. The van der Waals surface area contributed by atoms with Crippen molar-refractivity contribution >= 4 is 11.9 Å². The average molecular weight is 382 g/mol. The Morgan fingerprint density at radius 2 is 2.00 bits per heavy atom. The molecule has 152 valence electrons. The Labute approximate surface area is 160 Å². The molecule has 0 bridgehead atoms. The molecule has 0 aliphatic carbocycles. The first kappa shape index (κ1) is 22.7. The average Bonchev–Trinajstić information content (AvgIpc) is 2.64. The van der Waals surface area contributed by atoms with Crippen molar-refractivity contribution in [2.45, 2.75) is 65.2 Å². The predicted octanol–water partition coefficient (Wildman–Crippen LogP) is 2.44. The Balaban J connectivity index is 2.60. The van der Waals surface area contributed by atoms with Crippen LogP contribution >= 0.6 is 0 Å². The van der Waals surface area contributed by atoms with Crippen molar-refractivity contribution in [1.29, 1.82) is 0 Å². The first-order valence-corrected chi connectivity index (χ1v) is 9.18. The van der Waals surface area contributed by atoms with Crippen LogP contribution in [0, 0.1) is 0 Å². The number of pyridine rings is 1. The van der Waals surface area contributed by atoms with Crippen LogP contribution in [-0.4, -0.2) is 53.9 Å². The Morgan fingerprint density at radius 3 is 2.59 bits per heavy atom. The zero-order valence-corrected chi connectivity index (χ0v) is 16.7. The lowest BCUT2D eigenvalue weighted by atomic mass is 10.1. The van der Waals surface area contributed by atoms with E-state index in [0.717, 1.165) is 12.8 Å². The van der Waals surface area contributed by atoms with E-state index in [1.807, 2.05) is 13.8 Å². The van der Waals surface area contributed by atoms with Crippen LogP contribution < -0.4 is 10.1 Å². The van der Waals surface area contributed by atoms with Gasteiger partial charge >= 0.3 is 5.97 Å². The SMILES string of the molecule is CCCOC(CC)CC(C)OC(=O)C(C)NC(=O)c1nccc(OC)c1O. The van der Waals surface area contributed by atoms with Gasteiger partial charge in [-0.25, -0.2) is 9.78 Å². The number of methoxy groups -OCH3 is 1. The summed E-state index contributed by atoms with van der Waals surface area (Å²) in [6.45, 7) is 8.03. The van der Waals surface area contributed by atoms with Gasteiger partial charge in [0.05, 0.1) is 13.2 Å². The summed E-state index contributed by atoms with van der Waals surface area (Å²) in [5.41, 5.74) is -0.221. The zero-order chi connectivity index (χ0) is 20.4. The normalized spacial score (nSPS) is 14.1. The van der Waals surface area contributed by atoms with Crippen molar-refractivity contribution in [3.8, 4) is 11.5 Å². The quantitative estimate of drug-likeness (QED) is 0.566. The van der Waals surface area contributed by atoms with Gasteiger partial charge in [0.15, 0.2) is 17.2 Å². The predicted molar refractivity (Wildman–Crippen MR) is 99.9 cm³/mol. The van der Waals surface area contributed by atoms with Crippen LogP contribution in [0.2, 0.25) is 0 Å². The molecule has 1 aromatic heterocycles. The van der Waals surface area contributed by atoms with E-state index in [-0.39, 0.29) is 29.4 Å². The first-order valence-electron chi connectivity index (χ1n) is 9.18. The van der Waals surface area contributed by atoms with Crippen LogP contribution in [0.15, 0.2) is 12.3 Å². The monoisotopic (exact) mass is 382 g/mol. The van der Waals surface area contributed by atoms with Crippen molar-refractivity contribution in [2.24, 2.45) is 0 Å². The molecule has 0 fully saturated rings. The molecule has 8 heteroatoms. The molecule has 3 atom stereocenters. The highest BCUT2D eigenvalue weighted by atomic mass is 16.5. The zero-order valence-electron chi connectivity index (χ0n) is 16.7. The van der Waals surface area contributed by atoms with Crippen LogP contribution in [0.25, 0.3) is 0 Å². The third-order valence-corrected chi connectivity index (χ3v) is 3.95. The molecule has 0 aliphatic heterocycles. The van der Waals surface area contributed by atoms with Gasteiger partial charge in [-0.05, 0) is 26.7 Å². The molecule has 0 aliphatic rings. The number of ether oxygens (including phenoxy) is 3. The second-order valence-corrected chi connectivity index (χ2v) is 6.29. The van der Waals surface area contributed by atoms with E-state index in [0.29, 0.717) is 13.0 Å². The van der Waals surface area contributed by atoms with Crippen LogP contribution in [0.3, 0.4) is 0 Å². The Bertz CT molecular complexity index is 622. The number of carbonyl (C=O) groups is 2. The number of amides is 1. The summed E-state index contributed by atoms with van der Waals surface area (Å²) in [7, 11) is 1.37. The smallest absolute Gasteiger partial charge is 0.328 e. The number of aromatic nitrogens is 1. The highest BCUT2D eigenvalue weighted by molar-refractivity contribution is 5.97. The van der Waals surface area contributed by atoms with Gasteiger partial charge in [-0.2, -0.15) is 0 Å². The van der Waals surface area contributed by atoms with E-state index in [2.05, 4.69) is 10.3 Å². The number of hydrogen-bond acceptors (Lipinski definition) is 7. The summed E-state index contributed by atoms with van der Waals surface area (Å²) >= 11 is 0. The lowest BCUT2D eigenvalue weighted by molar-refractivity contribution is -0.151. The second-order valence-electron chi connectivity index (χ2n) is 6.29. The van der Waals surface area contributed by atoms with Crippen molar-refractivity contribution in [3.05, 3.63) is 18.0 Å². The van der Waals surface area contributed by atoms with Gasteiger partial charge in [0, 0.05) is 25.3 Å². The van der Waals surface area contributed by atoms with E-state index in [4.69, 9.17) is 14.2 Å². The van der Waals surface area contributed by atoms with Crippen molar-refractivity contribution in [2.75, 3.05) is 13.7 Å². The molecule has 0 saturated carbocycles. The maximum absolute atomic E-state index is 12.3. The molecule has 27 heavy (non-hydrogen) atoms. The lowest BCUT2D eigenvalue weighted by Gasteiger charge is -2.22. The topological polar surface area (TPSA) is 107 Å². The van der Waals surface area contributed by atoms with E-state index in [9.17, 15) is 14.7 Å². The van der Waals surface area contributed by atoms with Crippen LogP contribution in [0.1, 0.15) is 57.4 Å². The van der Waals surface area contributed by atoms with Gasteiger partial charge in [-0.15, -0.1) is 0 Å². The maximum Gasteiger partial charge on any atom is 0.328 e. The minimum atomic E-state index is -0.899. The fraction of sp³-hybridized carbons (Fsp3) is 0.632. The van der Waals surface area contributed by atoms with E-state index >= 15 is 0 Å². The fourth-order valence-electron chi connectivity index (χ4n) is 2.45. The molecule has 1 amide bonds. The summed E-state index contributed by atoms with van der Waals surface area (Å²) in [6, 6.07) is 0.528. The number of esters is 1. The van der Waals surface area contributed by atoms with Gasteiger partial charge < -0.3 is 24.6 Å². The molecule has 3 unspecified atom stereocenters. The van der Waals surface area contributed by atoms with Gasteiger partial charge in [0.25, 0.3) is 5.91 Å². The summed E-state index contributed by atoms with van der Waals surface area (Å²) in [4.78, 5) is 28.3. The summed E-state index contributed by atoms with van der Waals surface area (Å²) in [5.74, 6) is -1.52. The standard InChI is InChI=1S/C19H30N2O6/c1-6-10-26-14(7-2)11-12(3)27-19(24)13(4)21-18(23)16-17(22)15(25-5)8-9-20-16/h8-9,12-14,22H,6-7,10-11H2,1-5H3,(H,21,23). The van der Waals surface area contributed by atoms with E-state index < -0.39 is 17.9 Å². The molecule has 0 aromatic carbocycles.